The quantitative estimate of drug-likeness (QED) is 0.316. The molecule has 2 fully saturated rings. The zero-order valence-corrected chi connectivity index (χ0v) is 19.9. The lowest BCUT2D eigenvalue weighted by atomic mass is 9.76. The second-order valence-corrected chi connectivity index (χ2v) is 10.6. The van der Waals surface area contributed by atoms with E-state index in [-0.39, 0.29) is 5.82 Å². The van der Waals surface area contributed by atoms with Gasteiger partial charge in [0.15, 0.2) is 0 Å². The highest BCUT2D eigenvalue weighted by Crippen LogP contribution is 2.39. The molecule has 2 aliphatic carbocycles. The number of rotatable bonds is 11. The van der Waals surface area contributed by atoms with Crippen LogP contribution in [-0.2, 0) is 6.42 Å². The summed E-state index contributed by atoms with van der Waals surface area (Å²) >= 11 is 0. The molecule has 0 saturated heterocycles. The minimum absolute atomic E-state index is 0.0733. The summed E-state index contributed by atoms with van der Waals surface area (Å²) in [5, 5.41) is 0. The molecule has 0 aliphatic heterocycles. The van der Waals surface area contributed by atoms with Crippen LogP contribution in [0.5, 0.6) is 0 Å². The highest BCUT2D eigenvalue weighted by atomic mass is 19.1. The number of unbranched alkanes of at least 4 members (excludes halogenated alkanes) is 3. The number of hydrogen-bond acceptors (Lipinski definition) is 0. The fourth-order valence-corrected chi connectivity index (χ4v) is 6.17. The molecule has 0 aromatic heterocycles. The molecule has 0 N–H and O–H groups in total. The van der Waals surface area contributed by atoms with Gasteiger partial charge in [-0.1, -0.05) is 96.6 Å². The van der Waals surface area contributed by atoms with Crippen molar-refractivity contribution in [3.05, 3.63) is 35.1 Å². The van der Waals surface area contributed by atoms with E-state index in [4.69, 9.17) is 0 Å². The van der Waals surface area contributed by atoms with Crippen LogP contribution in [0.2, 0.25) is 0 Å². The summed E-state index contributed by atoms with van der Waals surface area (Å²) in [6.45, 7) is 4.58. The van der Waals surface area contributed by atoms with Gasteiger partial charge in [0.05, 0.1) is 0 Å². The van der Waals surface area contributed by atoms with Gasteiger partial charge in [0.25, 0.3) is 0 Å². The lowest BCUT2D eigenvalue weighted by Crippen LogP contribution is -2.15. The molecule has 0 radical (unpaired) electrons. The Morgan fingerprint density at radius 1 is 0.700 bits per heavy atom. The minimum Gasteiger partial charge on any atom is -0.207 e. The summed E-state index contributed by atoms with van der Waals surface area (Å²) in [7, 11) is 0. The number of benzene rings is 1. The first-order valence-electron chi connectivity index (χ1n) is 13.5. The number of hydrogen-bond donors (Lipinski definition) is 0. The molecule has 1 aromatic carbocycles. The van der Waals surface area contributed by atoms with Gasteiger partial charge >= 0.3 is 0 Å². The third kappa shape index (κ3) is 7.38. The van der Waals surface area contributed by atoms with Crippen molar-refractivity contribution in [2.75, 3.05) is 0 Å². The van der Waals surface area contributed by atoms with E-state index in [1.165, 1.54) is 108 Å². The van der Waals surface area contributed by atoms with Crippen molar-refractivity contribution in [1.29, 1.82) is 0 Å². The van der Waals surface area contributed by atoms with Gasteiger partial charge in [-0.2, -0.15) is 0 Å². The maximum atomic E-state index is 14.9. The Morgan fingerprint density at radius 3 is 1.87 bits per heavy atom. The second kappa shape index (κ2) is 12.9. The van der Waals surface area contributed by atoms with Crippen LogP contribution in [0.4, 0.5) is 4.39 Å². The summed E-state index contributed by atoms with van der Waals surface area (Å²) < 4.78 is 14.9. The minimum atomic E-state index is 0.0733. The Balaban J connectivity index is 1.40. The predicted octanol–water partition coefficient (Wildman–Crippen LogP) is 9.61. The van der Waals surface area contributed by atoms with Gasteiger partial charge in [0.2, 0.25) is 0 Å². The van der Waals surface area contributed by atoms with Crippen molar-refractivity contribution in [2.24, 2.45) is 17.8 Å². The van der Waals surface area contributed by atoms with E-state index in [0.29, 0.717) is 5.92 Å². The van der Waals surface area contributed by atoms with Crippen LogP contribution in [0.25, 0.3) is 0 Å². The molecule has 3 rings (SSSR count). The first kappa shape index (κ1) is 23.8. The summed E-state index contributed by atoms with van der Waals surface area (Å²) in [5.74, 6) is 3.28. The van der Waals surface area contributed by atoms with Gasteiger partial charge in [-0.15, -0.1) is 0 Å². The molecule has 2 aliphatic rings. The van der Waals surface area contributed by atoms with Crippen LogP contribution in [-0.4, -0.2) is 0 Å². The summed E-state index contributed by atoms with van der Waals surface area (Å²) in [6, 6.07) is 6.24. The first-order chi connectivity index (χ1) is 14.7. The SMILES string of the molecule is CCCCCC1CCC(CCc2ccc(C3CCC(CCCC)CC3)c(F)c2)CC1. The van der Waals surface area contributed by atoms with Crippen LogP contribution in [0, 0.1) is 23.6 Å². The average molecular weight is 415 g/mol. The lowest BCUT2D eigenvalue weighted by molar-refractivity contribution is 0.249. The third-order valence-electron chi connectivity index (χ3n) is 8.34. The lowest BCUT2D eigenvalue weighted by Gasteiger charge is -2.29. The van der Waals surface area contributed by atoms with Gasteiger partial charge in [-0.05, 0) is 79.4 Å². The standard InChI is InChI=1S/C29H47F/c1-3-5-7-9-24-10-12-25(13-11-24)14-15-26-18-21-28(29(30)22-26)27-19-16-23(17-20-27)8-6-4-2/h18,21-25,27H,3-17,19-20H2,1-2H3. The molecule has 0 spiro atoms. The molecule has 1 heteroatoms. The number of aryl methyl sites for hydroxylation is 1. The van der Waals surface area contributed by atoms with Crippen molar-refractivity contribution in [1.82, 2.24) is 0 Å². The van der Waals surface area contributed by atoms with Gasteiger partial charge in [0.1, 0.15) is 5.82 Å². The van der Waals surface area contributed by atoms with E-state index in [1.54, 1.807) is 0 Å². The highest BCUT2D eigenvalue weighted by molar-refractivity contribution is 5.28. The second-order valence-electron chi connectivity index (χ2n) is 10.6. The molecule has 0 bridgehead atoms. The van der Waals surface area contributed by atoms with Crippen LogP contribution < -0.4 is 0 Å². The molecule has 1 aromatic rings. The van der Waals surface area contributed by atoms with E-state index in [1.807, 2.05) is 6.07 Å². The largest absolute Gasteiger partial charge is 0.207 e. The Bertz CT molecular complexity index is 590. The normalized spacial score (nSPS) is 27.3. The number of halogens is 1. The van der Waals surface area contributed by atoms with Crippen LogP contribution >= 0.6 is 0 Å². The van der Waals surface area contributed by atoms with E-state index in [2.05, 4.69) is 26.0 Å². The van der Waals surface area contributed by atoms with Gasteiger partial charge in [-0.3, -0.25) is 0 Å². The molecule has 170 valence electrons. The summed E-state index contributed by atoms with van der Waals surface area (Å²) in [4.78, 5) is 0. The molecule has 0 amide bonds. The maximum absolute atomic E-state index is 14.9. The van der Waals surface area contributed by atoms with E-state index in [0.717, 1.165) is 29.7 Å². The zero-order valence-electron chi connectivity index (χ0n) is 19.9. The van der Waals surface area contributed by atoms with Crippen molar-refractivity contribution in [3.63, 3.8) is 0 Å². The Hall–Kier alpha value is -0.850. The average Bonchev–Trinajstić information content (AvgIpc) is 2.78. The Kier molecular flexibility index (Phi) is 10.2. The fraction of sp³-hybridized carbons (Fsp3) is 0.793. The van der Waals surface area contributed by atoms with E-state index in [9.17, 15) is 4.39 Å². The smallest absolute Gasteiger partial charge is 0.126 e. The van der Waals surface area contributed by atoms with Crippen LogP contribution in [0.3, 0.4) is 0 Å². The predicted molar refractivity (Wildman–Crippen MR) is 129 cm³/mol. The topological polar surface area (TPSA) is 0 Å². The Labute approximate surface area is 186 Å². The van der Waals surface area contributed by atoms with Gasteiger partial charge in [-0.25, -0.2) is 4.39 Å². The zero-order chi connectivity index (χ0) is 21.2. The van der Waals surface area contributed by atoms with Gasteiger partial charge in [0, 0.05) is 0 Å². The molecule has 0 atom stereocenters. The molecular formula is C29H47F. The van der Waals surface area contributed by atoms with Crippen molar-refractivity contribution in [2.45, 2.75) is 129 Å². The van der Waals surface area contributed by atoms with E-state index >= 15 is 0 Å². The van der Waals surface area contributed by atoms with Crippen molar-refractivity contribution < 1.29 is 4.39 Å². The fourth-order valence-electron chi connectivity index (χ4n) is 6.17. The van der Waals surface area contributed by atoms with Crippen molar-refractivity contribution >= 4 is 0 Å². The molecular weight excluding hydrogens is 367 g/mol. The van der Waals surface area contributed by atoms with E-state index < -0.39 is 0 Å². The summed E-state index contributed by atoms with van der Waals surface area (Å²) in [6.07, 6.45) is 22.6. The first-order valence-corrected chi connectivity index (χ1v) is 13.5. The molecule has 0 heterocycles. The Morgan fingerprint density at radius 2 is 1.27 bits per heavy atom. The third-order valence-corrected chi connectivity index (χ3v) is 8.34. The van der Waals surface area contributed by atoms with Crippen LogP contribution in [0.15, 0.2) is 18.2 Å². The molecule has 30 heavy (non-hydrogen) atoms. The maximum Gasteiger partial charge on any atom is 0.126 e. The van der Waals surface area contributed by atoms with Crippen LogP contribution in [0.1, 0.15) is 134 Å². The van der Waals surface area contributed by atoms with Crippen molar-refractivity contribution in [3.8, 4) is 0 Å². The monoisotopic (exact) mass is 414 g/mol. The summed E-state index contributed by atoms with van der Waals surface area (Å²) in [5.41, 5.74) is 2.22. The molecule has 0 nitrogen and oxygen atoms in total. The molecule has 0 unspecified atom stereocenters. The van der Waals surface area contributed by atoms with Gasteiger partial charge < -0.3 is 0 Å². The molecule has 2 saturated carbocycles. The highest BCUT2D eigenvalue weighted by Gasteiger charge is 2.24.